The summed E-state index contributed by atoms with van der Waals surface area (Å²) in [6.45, 7) is 3.22. The van der Waals surface area contributed by atoms with Crippen molar-refractivity contribution in [2.75, 3.05) is 0 Å². The molecule has 2 unspecified atom stereocenters. The lowest BCUT2D eigenvalue weighted by atomic mass is 10.3. The standard InChI is InChI=1S/2C4H8O3/c2*1-2-3(5)4(6)7/h2*3,5H,2H2,1H3,(H,6,7). The van der Waals surface area contributed by atoms with Gasteiger partial charge in [0.15, 0.2) is 12.2 Å². The first kappa shape index (κ1) is 15.3. The van der Waals surface area contributed by atoms with Gasteiger partial charge in [-0.05, 0) is 12.8 Å². The highest BCUT2D eigenvalue weighted by atomic mass is 16.4. The van der Waals surface area contributed by atoms with E-state index in [2.05, 4.69) is 0 Å². The average Bonchev–Trinajstić information content (AvgIpc) is 2.15. The molecule has 0 aliphatic heterocycles. The van der Waals surface area contributed by atoms with Gasteiger partial charge in [-0.15, -0.1) is 0 Å². The maximum atomic E-state index is 9.68. The largest absolute Gasteiger partial charge is 0.479 e. The molecule has 0 bridgehead atoms. The molecule has 4 N–H and O–H groups in total. The number of aliphatic hydroxyl groups excluding tert-OH is 2. The Kier molecular flexibility index (Phi) is 9.27. The molecule has 0 aliphatic rings. The van der Waals surface area contributed by atoms with Crippen LogP contribution in [0.2, 0.25) is 0 Å². The summed E-state index contributed by atoms with van der Waals surface area (Å²) in [4.78, 5) is 19.4. The van der Waals surface area contributed by atoms with Gasteiger partial charge in [-0.1, -0.05) is 13.8 Å². The molecule has 14 heavy (non-hydrogen) atoms. The molecule has 0 aromatic carbocycles. The lowest BCUT2D eigenvalue weighted by molar-refractivity contribution is -0.147. The molecule has 0 heterocycles. The second-order valence-corrected chi connectivity index (χ2v) is 2.52. The fourth-order valence-electron chi connectivity index (χ4n) is 0.349. The van der Waals surface area contributed by atoms with Crippen molar-refractivity contribution in [1.29, 1.82) is 0 Å². The number of carboxylic acid groups (broad SMARTS) is 2. The van der Waals surface area contributed by atoms with Crippen molar-refractivity contribution >= 4 is 11.9 Å². The number of hydrogen-bond donors (Lipinski definition) is 4. The highest BCUT2D eigenvalue weighted by Gasteiger charge is 2.07. The molecule has 2 atom stereocenters. The number of carbonyl (C=O) groups is 2. The Bertz CT molecular complexity index is 159. The molecule has 0 aromatic heterocycles. The molecule has 0 radical (unpaired) electrons. The fraction of sp³-hybridized carbons (Fsp3) is 0.750. The highest BCUT2D eigenvalue weighted by Crippen LogP contribution is 1.86. The van der Waals surface area contributed by atoms with E-state index >= 15 is 0 Å². The summed E-state index contributed by atoms with van der Waals surface area (Å²) in [5, 5.41) is 32.5. The zero-order valence-electron chi connectivity index (χ0n) is 8.17. The average molecular weight is 208 g/mol. The van der Waals surface area contributed by atoms with Crippen LogP contribution in [0.5, 0.6) is 0 Å². The molecule has 0 saturated heterocycles. The fourth-order valence-corrected chi connectivity index (χ4v) is 0.349. The van der Waals surface area contributed by atoms with Crippen molar-refractivity contribution in [3.63, 3.8) is 0 Å². The minimum atomic E-state index is -1.18. The number of aliphatic carboxylic acids is 2. The summed E-state index contributed by atoms with van der Waals surface area (Å²) in [6, 6.07) is 0. The quantitative estimate of drug-likeness (QED) is 0.503. The van der Waals surface area contributed by atoms with Crippen LogP contribution in [-0.4, -0.2) is 44.6 Å². The number of aliphatic hydroxyl groups is 2. The van der Waals surface area contributed by atoms with Gasteiger partial charge in [-0.2, -0.15) is 0 Å². The van der Waals surface area contributed by atoms with Gasteiger partial charge in [-0.25, -0.2) is 9.59 Å². The Hall–Kier alpha value is -1.14. The second kappa shape index (κ2) is 8.46. The van der Waals surface area contributed by atoms with Crippen LogP contribution in [0.15, 0.2) is 0 Å². The first-order valence-corrected chi connectivity index (χ1v) is 4.18. The molecular weight excluding hydrogens is 192 g/mol. The first-order valence-electron chi connectivity index (χ1n) is 4.18. The molecule has 0 fully saturated rings. The number of carboxylic acids is 2. The van der Waals surface area contributed by atoms with Crippen molar-refractivity contribution in [2.45, 2.75) is 38.9 Å². The van der Waals surface area contributed by atoms with Crippen LogP contribution in [0.3, 0.4) is 0 Å². The zero-order chi connectivity index (χ0) is 11.7. The van der Waals surface area contributed by atoms with Gasteiger partial charge in [0.1, 0.15) is 0 Å². The van der Waals surface area contributed by atoms with Crippen LogP contribution < -0.4 is 0 Å². The van der Waals surface area contributed by atoms with Crippen molar-refractivity contribution in [2.24, 2.45) is 0 Å². The van der Waals surface area contributed by atoms with Crippen molar-refractivity contribution in [3.8, 4) is 0 Å². The molecular formula is C8H16O6. The predicted molar refractivity (Wildman–Crippen MR) is 47.9 cm³/mol. The van der Waals surface area contributed by atoms with Gasteiger partial charge in [0.2, 0.25) is 0 Å². The van der Waals surface area contributed by atoms with E-state index < -0.39 is 24.1 Å². The topological polar surface area (TPSA) is 115 Å². The van der Waals surface area contributed by atoms with Gasteiger partial charge in [-0.3, -0.25) is 0 Å². The lowest BCUT2D eigenvalue weighted by Crippen LogP contribution is -2.17. The summed E-state index contributed by atoms with van der Waals surface area (Å²) < 4.78 is 0. The monoisotopic (exact) mass is 208 g/mol. The van der Waals surface area contributed by atoms with E-state index in [1.807, 2.05) is 0 Å². The van der Waals surface area contributed by atoms with Gasteiger partial charge < -0.3 is 20.4 Å². The van der Waals surface area contributed by atoms with Crippen LogP contribution in [-0.2, 0) is 9.59 Å². The Morgan fingerprint density at radius 1 is 0.929 bits per heavy atom. The van der Waals surface area contributed by atoms with Gasteiger partial charge in [0.05, 0.1) is 0 Å². The summed E-state index contributed by atoms with van der Waals surface area (Å²) in [5.74, 6) is -2.30. The van der Waals surface area contributed by atoms with E-state index in [1.54, 1.807) is 13.8 Å². The third-order valence-corrected chi connectivity index (χ3v) is 1.34. The summed E-state index contributed by atoms with van der Waals surface area (Å²) in [7, 11) is 0. The van der Waals surface area contributed by atoms with E-state index in [0.29, 0.717) is 0 Å². The number of hydrogen-bond acceptors (Lipinski definition) is 4. The first-order chi connectivity index (χ1) is 6.36. The minimum Gasteiger partial charge on any atom is -0.479 e. The van der Waals surface area contributed by atoms with Crippen molar-refractivity contribution in [1.82, 2.24) is 0 Å². The Morgan fingerprint density at radius 3 is 1.14 bits per heavy atom. The molecule has 84 valence electrons. The maximum absolute atomic E-state index is 9.68. The normalized spacial score (nSPS) is 13.4. The highest BCUT2D eigenvalue weighted by molar-refractivity contribution is 5.71. The SMILES string of the molecule is CCC(O)C(=O)O.CCC(O)C(=O)O. The number of rotatable bonds is 4. The molecule has 0 rings (SSSR count). The van der Waals surface area contributed by atoms with E-state index in [0.717, 1.165) is 0 Å². The Balaban J connectivity index is 0. The Labute approximate surface area is 81.8 Å². The molecule has 0 saturated carbocycles. The van der Waals surface area contributed by atoms with Gasteiger partial charge in [0.25, 0.3) is 0 Å². The third-order valence-electron chi connectivity index (χ3n) is 1.34. The molecule has 6 nitrogen and oxygen atoms in total. The van der Waals surface area contributed by atoms with Crippen molar-refractivity contribution in [3.05, 3.63) is 0 Å². The van der Waals surface area contributed by atoms with Gasteiger partial charge in [0, 0.05) is 0 Å². The Morgan fingerprint density at radius 2 is 1.14 bits per heavy atom. The van der Waals surface area contributed by atoms with Crippen LogP contribution >= 0.6 is 0 Å². The van der Waals surface area contributed by atoms with Crippen LogP contribution in [0.25, 0.3) is 0 Å². The van der Waals surface area contributed by atoms with Crippen LogP contribution in [0, 0.1) is 0 Å². The smallest absolute Gasteiger partial charge is 0.332 e. The van der Waals surface area contributed by atoms with E-state index in [1.165, 1.54) is 0 Å². The van der Waals surface area contributed by atoms with Gasteiger partial charge >= 0.3 is 11.9 Å². The minimum absolute atomic E-state index is 0.273. The third kappa shape index (κ3) is 8.95. The summed E-state index contributed by atoms with van der Waals surface area (Å²) >= 11 is 0. The molecule has 0 amide bonds. The maximum Gasteiger partial charge on any atom is 0.332 e. The molecule has 6 heteroatoms. The second-order valence-electron chi connectivity index (χ2n) is 2.52. The van der Waals surface area contributed by atoms with Crippen molar-refractivity contribution < 1.29 is 30.0 Å². The zero-order valence-corrected chi connectivity index (χ0v) is 8.17. The summed E-state index contributed by atoms with van der Waals surface area (Å²) in [6.07, 6.45) is -1.81. The molecule has 0 aliphatic carbocycles. The lowest BCUT2D eigenvalue weighted by Gasteiger charge is -1.95. The predicted octanol–water partition coefficient (Wildman–Crippen LogP) is -0.316. The van der Waals surface area contributed by atoms with E-state index in [-0.39, 0.29) is 12.8 Å². The summed E-state index contributed by atoms with van der Waals surface area (Å²) in [5.41, 5.74) is 0. The molecule has 0 aromatic rings. The van der Waals surface area contributed by atoms with Crippen LogP contribution in [0.4, 0.5) is 0 Å². The molecule has 0 spiro atoms. The van der Waals surface area contributed by atoms with E-state index in [4.69, 9.17) is 20.4 Å². The van der Waals surface area contributed by atoms with E-state index in [9.17, 15) is 9.59 Å². The van der Waals surface area contributed by atoms with Crippen LogP contribution in [0.1, 0.15) is 26.7 Å².